The van der Waals surface area contributed by atoms with Gasteiger partial charge < -0.3 is 15.3 Å². The summed E-state index contributed by atoms with van der Waals surface area (Å²) in [5.41, 5.74) is 0. The molecule has 4 heteroatoms. The Bertz CT molecular complexity index is 177. The summed E-state index contributed by atoms with van der Waals surface area (Å²) in [4.78, 5) is 13.4. The molecule has 1 saturated heterocycles. The first kappa shape index (κ1) is 11.5. The number of rotatable bonds is 4. The van der Waals surface area contributed by atoms with Gasteiger partial charge in [-0.3, -0.25) is 4.79 Å². The second-order valence-corrected chi connectivity index (χ2v) is 3.87. The normalized spacial score (nSPS) is 18.6. The molecule has 2 N–H and O–H groups in total. The lowest BCUT2D eigenvalue weighted by Crippen LogP contribution is -2.42. The van der Waals surface area contributed by atoms with Crippen molar-refractivity contribution in [2.75, 3.05) is 33.3 Å². The molecule has 0 spiro atoms. The Morgan fingerprint density at radius 3 is 2.64 bits per heavy atom. The Labute approximate surface area is 85.3 Å². The number of carbonyl (C=O) groups is 1. The first-order valence-electron chi connectivity index (χ1n) is 5.31. The van der Waals surface area contributed by atoms with Crippen LogP contribution in [0.1, 0.15) is 19.3 Å². The van der Waals surface area contributed by atoms with Crippen molar-refractivity contribution in [1.29, 1.82) is 0 Å². The number of carbonyl (C=O) groups excluding carboxylic acids is 1. The molecule has 1 aliphatic rings. The van der Waals surface area contributed by atoms with Crippen molar-refractivity contribution in [3.63, 3.8) is 0 Å². The molecule has 0 saturated carbocycles. The van der Waals surface area contributed by atoms with E-state index in [-0.39, 0.29) is 12.5 Å². The number of nitrogens with zero attached hydrogens (tertiary/aromatic N) is 1. The van der Waals surface area contributed by atoms with E-state index in [2.05, 4.69) is 5.32 Å². The van der Waals surface area contributed by atoms with Gasteiger partial charge in [0.05, 0.1) is 6.54 Å². The number of likely N-dealkylation sites (N-methyl/N-ethyl adjacent to an activating group) is 1. The number of hydrogen-bond acceptors (Lipinski definition) is 3. The van der Waals surface area contributed by atoms with Gasteiger partial charge in [0.15, 0.2) is 0 Å². The summed E-state index contributed by atoms with van der Waals surface area (Å²) in [6, 6.07) is 0. The van der Waals surface area contributed by atoms with Gasteiger partial charge >= 0.3 is 0 Å². The first-order valence-corrected chi connectivity index (χ1v) is 5.31. The number of likely N-dealkylation sites (tertiary alicyclic amines) is 1. The highest BCUT2D eigenvalue weighted by molar-refractivity contribution is 5.78. The Morgan fingerprint density at radius 1 is 1.50 bits per heavy atom. The third-order valence-electron chi connectivity index (χ3n) is 2.83. The predicted molar refractivity (Wildman–Crippen MR) is 54.9 cm³/mol. The van der Waals surface area contributed by atoms with Crippen LogP contribution in [0.15, 0.2) is 0 Å². The summed E-state index contributed by atoms with van der Waals surface area (Å²) in [6.07, 6.45) is 2.96. The van der Waals surface area contributed by atoms with Crippen LogP contribution in [-0.4, -0.2) is 49.2 Å². The quantitative estimate of drug-likeness (QED) is 0.662. The third kappa shape index (κ3) is 3.27. The molecular formula is C10H20N2O2. The van der Waals surface area contributed by atoms with Crippen LogP contribution >= 0.6 is 0 Å². The van der Waals surface area contributed by atoms with Gasteiger partial charge in [-0.25, -0.2) is 0 Å². The third-order valence-corrected chi connectivity index (χ3v) is 2.83. The zero-order valence-corrected chi connectivity index (χ0v) is 8.83. The topological polar surface area (TPSA) is 52.6 Å². The van der Waals surface area contributed by atoms with Gasteiger partial charge in [-0.15, -0.1) is 0 Å². The minimum Gasteiger partial charge on any atom is -0.396 e. The first-order chi connectivity index (χ1) is 6.77. The van der Waals surface area contributed by atoms with E-state index in [4.69, 9.17) is 5.11 Å². The summed E-state index contributed by atoms with van der Waals surface area (Å²) < 4.78 is 0. The molecule has 82 valence electrons. The van der Waals surface area contributed by atoms with Gasteiger partial charge in [-0.2, -0.15) is 0 Å². The van der Waals surface area contributed by atoms with Crippen LogP contribution in [-0.2, 0) is 4.79 Å². The Morgan fingerprint density at radius 2 is 2.14 bits per heavy atom. The van der Waals surface area contributed by atoms with Crippen LogP contribution in [0.5, 0.6) is 0 Å². The molecule has 0 aromatic heterocycles. The highest BCUT2D eigenvalue weighted by Crippen LogP contribution is 2.19. The van der Waals surface area contributed by atoms with Gasteiger partial charge in [0, 0.05) is 19.7 Å². The molecule has 0 aromatic rings. The van der Waals surface area contributed by atoms with E-state index >= 15 is 0 Å². The lowest BCUT2D eigenvalue weighted by atomic mass is 9.94. The smallest absolute Gasteiger partial charge is 0.236 e. The Kier molecular flexibility index (Phi) is 4.90. The maximum atomic E-state index is 11.5. The fourth-order valence-electron chi connectivity index (χ4n) is 1.92. The van der Waals surface area contributed by atoms with Gasteiger partial charge in [-0.1, -0.05) is 0 Å². The van der Waals surface area contributed by atoms with Crippen molar-refractivity contribution in [3.05, 3.63) is 0 Å². The van der Waals surface area contributed by atoms with Crippen LogP contribution in [0, 0.1) is 5.92 Å². The molecule has 1 fully saturated rings. The maximum absolute atomic E-state index is 11.5. The maximum Gasteiger partial charge on any atom is 0.236 e. The molecule has 0 radical (unpaired) electrons. The molecule has 0 aromatic carbocycles. The number of hydrogen-bond donors (Lipinski definition) is 2. The second-order valence-electron chi connectivity index (χ2n) is 3.87. The molecule has 1 aliphatic heterocycles. The minimum atomic E-state index is 0.190. The molecule has 0 atom stereocenters. The minimum absolute atomic E-state index is 0.190. The molecule has 1 heterocycles. The second kappa shape index (κ2) is 5.98. The molecule has 0 aliphatic carbocycles. The average Bonchev–Trinajstić information content (AvgIpc) is 2.20. The van der Waals surface area contributed by atoms with Crippen LogP contribution in [0.3, 0.4) is 0 Å². The highest BCUT2D eigenvalue weighted by Gasteiger charge is 2.21. The lowest BCUT2D eigenvalue weighted by molar-refractivity contribution is -0.131. The average molecular weight is 200 g/mol. The van der Waals surface area contributed by atoms with Gasteiger partial charge in [-0.05, 0) is 32.2 Å². The van der Waals surface area contributed by atoms with Crippen molar-refractivity contribution in [3.8, 4) is 0 Å². The molecule has 1 rings (SSSR count). The molecular weight excluding hydrogens is 180 g/mol. The highest BCUT2D eigenvalue weighted by atomic mass is 16.3. The zero-order chi connectivity index (χ0) is 10.4. The Hall–Kier alpha value is -0.610. The van der Waals surface area contributed by atoms with E-state index in [0.717, 1.165) is 32.4 Å². The van der Waals surface area contributed by atoms with Crippen LogP contribution in [0.2, 0.25) is 0 Å². The summed E-state index contributed by atoms with van der Waals surface area (Å²) in [7, 11) is 1.79. The van der Waals surface area contributed by atoms with Gasteiger partial charge in [0.2, 0.25) is 5.91 Å². The van der Waals surface area contributed by atoms with Crippen molar-refractivity contribution < 1.29 is 9.90 Å². The van der Waals surface area contributed by atoms with Crippen LogP contribution < -0.4 is 5.32 Å². The monoisotopic (exact) mass is 200 g/mol. The fraction of sp³-hybridized carbons (Fsp3) is 0.900. The SMILES string of the molecule is CNCC(=O)N1CCC(CCO)CC1. The molecule has 1 amide bonds. The van der Waals surface area contributed by atoms with E-state index in [1.54, 1.807) is 7.05 Å². The number of amides is 1. The van der Waals surface area contributed by atoms with Crippen LogP contribution in [0.4, 0.5) is 0 Å². The van der Waals surface area contributed by atoms with E-state index in [9.17, 15) is 4.79 Å². The van der Waals surface area contributed by atoms with E-state index < -0.39 is 0 Å². The predicted octanol–water partition coefficient (Wildman–Crippen LogP) is -0.173. The Balaban J connectivity index is 2.24. The molecule has 0 bridgehead atoms. The summed E-state index contributed by atoms with van der Waals surface area (Å²) in [5.74, 6) is 0.800. The van der Waals surface area contributed by atoms with Crippen molar-refractivity contribution in [1.82, 2.24) is 10.2 Å². The molecule has 0 unspecified atom stereocenters. The summed E-state index contributed by atoms with van der Waals surface area (Å²) >= 11 is 0. The zero-order valence-electron chi connectivity index (χ0n) is 8.83. The van der Waals surface area contributed by atoms with Crippen molar-refractivity contribution >= 4 is 5.91 Å². The van der Waals surface area contributed by atoms with Gasteiger partial charge in [0.25, 0.3) is 0 Å². The van der Waals surface area contributed by atoms with Crippen molar-refractivity contribution in [2.45, 2.75) is 19.3 Å². The standard InChI is InChI=1S/C10H20N2O2/c1-11-8-10(14)12-5-2-9(3-6-12)4-7-13/h9,11,13H,2-8H2,1H3. The molecule has 4 nitrogen and oxygen atoms in total. The number of nitrogens with one attached hydrogen (secondary N) is 1. The number of aliphatic hydroxyl groups is 1. The summed E-state index contributed by atoms with van der Waals surface area (Å²) in [5, 5.41) is 11.7. The fourth-order valence-corrected chi connectivity index (χ4v) is 1.92. The van der Waals surface area contributed by atoms with E-state index in [1.165, 1.54) is 0 Å². The largest absolute Gasteiger partial charge is 0.396 e. The van der Waals surface area contributed by atoms with Gasteiger partial charge in [0.1, 0.15) is 0 Å². The van der Waals surface area contributed by atoms with Crippen LogP contribution in [0.25, 0.3) is 0 Å². The van der Waals surface area contributed by atoms with E-state index in [0.29, 0.717) is 12.5 Å². The number of aliphatic hydroxyl groups excluding tert-OH is 1. The molecule has 14 heavy (non-hydrogen) atoms. The van der Waals surface area contributed by atoms with E-state index in [1.807, 2.05) is 4.90 Å². The van der Waals surface area contributed by atoms with Crippen molar-refractivity contribution in [2.24, 2.45) is 5.92 Å². The number of piperidine rings is 1. The summed E-state index contributed by atoms with van der Waals surface area (Å²) in [6.45, 7) is 2.41. The lowest BCUT2D eigenvalue weighted by Gasteiger charge is -2.31.